The van der Waals surface area contributed by atoms with E-state index >= 15 is 0 Å². The molecule has 2 aliphatic rings. The van der Waals surface area contributed by atoms with E-state index in [1.807, 2.05) is 0 Å². The van der Waals surface area contributed by atoms with Gasteiger partial charge in [0.05, 0.1) is 10.6 Å². The Morgan fingerprint density at radius 3 is 2.30 bits per heavy atom. The van der Waals surface area contributed by atoms with Crippen LogP contribution >= 0.6 is 0 Å². The molecule has 1 aliphatic heterocycles. The second-order valence-corrected chi connectivity index (χ2v) is 10.8. The third-order valence-electron chi connectivity index (χ3n) is 4.87. The fourth-order valence-corrected chi connectivity index (χ4v) is 6.00. The monoisotopic (exact) mass is 358 g/mol. The van der Waals surface area contributed by atoms with Crippen LogP contribution in [0.15, 0.2) is 29.2 Å². The molecule has 1 aromatic carbocycles. The molecule has 0 bridgehead atoms. The minimum absolute atomic E-state index is 0.0873. The lowest BCUT2D eigenvalue weighted by Crippen LogP contribution is -2.33. The third kappa shape index (κ3) is 3.45. The molecule has 0 radical (unpaired) electrons. The fourth-order valence-electron chi connectivity index (χ4n) is 3.67. The van der Waals surface area contributed by atoms with Crippen LogP contribution in [0.25, 0.3) is 0 Å². The summed E-state index contributed by atoms with van der Waals surface area (Å²) in [6.07, 6.45) is 3.12. The first-order valence-corrected chi connectivity index (χ1v) is 11.2. The summed E-state index contributed by atoms with van der Waals surface area (Å²) >= 11 is 0. The maximum Gasteiger partial charge on any atom is 0.243 e. The van der Waals surface area contributed by atoms with Crippen LogP contribution in [0.2, 0.25) is 0 Å². The molecular weight excluding hydrogens is 336 g/mol. The quantitative estimate of drug-likeness (QED) is 0.849. The van der Waals surface area contributed by atoms with Crippen molar-refractivity contribution in [2.24, 2.45) is 17.6 Å². The van der Waals surface area contributed by atoms with Gasteiger partial charge in [-0.3, -0.25) is 0 Å². The van der Waals surface area contributed by atoms with Crippen LogP contribution in [0.1, 0.15) is 18.4 Å². The fraction of sp³-hybridized carbons (Fsp3) is 0.600. The summed E-state index contributed by atoms with van der Waals surface area (Å²) in [6, 6.07) is 6.21. The van der Waals surface area contributed by atoms with Gasteiger partial charge in [0.25, 0.3) is 0 Å². The van der Waals surface area contributed by atoms with E-state index in [2.05, 4.69) is 0 Å². The molecule has 3 unspecified atom stereocenters. The molecule has 3 atom stereocenters. The van der Waals surface area contributed by atoms with Crippen LogP contribution in [0, 0.1) is 11.8 Å². The molecule has 23 heavy (non-hydrogen) atoms. The molecule has 2 fully saturated rings. The number of hydrogen-bond donors (Lipinski definition) is 1. The van der Waals surface area contributed by atoms with Gasteiger partial charge >= 0.3 is 0 Å². The van der Waals surface area contributed by atoms with Crippen molar-refractivity contribution in [1.82, 2.24) is 4.31 Å². The SMILES string of the molecule is CS(=O)(=O)Cc1ccc(S(=O)(=O)N2CC3CCC(N)C3C2)cc1. The molecule has 0 spiro atoms. The summed E-state index contributed by atoms with van der Waals surface area (Å²) in [4.78, 5) is 0.211. The van der Waals surface area contributed by atoms with Gasteiger partial charge in [-0.25, -0.2) is 16.8 Å². The van der Waals surface area contributed by atoms with Crippen molar-refractivity contribution in [2.45, 2.75) is 29.5 Å². The Balaban J connectivity index is 1.78. The Hall–Kier alpha value is -0.960. The first-order chi connectivity index (χ1) is 10.7. The summed E-state index contributed by atoms with van der Waals surface area (Å²) in [5.41, 5.74) is 6.65. The number of nitrogens with zero attached hydrogens (tertiary/aromatic N) is 1. The highest BCUT2D eigenvalue weighted by atomic mass is 32.2. The molecule has 128 valence electrons. The van der Waals surface area contributed by atoms with Gasteiger partial charge in [-0.2, -0.15) is 4.31 Å². The van der Waals surface area contributed by atoms with Gasteiger partial charge in [0.2, 0.25) is 10.0 Å². The number of sulfonamides is 1. The molecule has 1 saturated heterocycles. The normalized spacial score (nSPS) is 28.9. The van der Waals surface area contributed by atoms with E-state index in [-0.39, 0.29) is 22.6 Å². The van der Waals surface area contributed by atoms with Gasteiger partial charge in [0.1, 0.15) is 0 Å². The standard InChI is InChI=1S/C15H22N2O4S2/c1-22(18,19)10-11-2-5-13(6-3-11)23(20,21)17-8-12-4-7-15(16)14(12)9-17/h2-3,5-6,12,14-15H,4,7-10,16H2,1H3. The van der Waals surface area contributed by atoms with Gasteiger partial charge in [-0.05, 0) is 42.4 Å². The minimum atomic E-state index is -3.54. The van der Waals surface area contributed by atoms with E-state index in [4.69, 9.17) is 5.73 Å². The van der Waals surface area contributed by atoms with Crippen molar-refractivity contribution in [1.29, 1.82) is 0 Å². The Bertz CT molecular complexity index is 787. The number of sulfone groups is 1. The molecule has 3 rings (SSSR count). The van der Waals surface area contributed by atoms with E-state index in [1.165, 1.54) is 16.4 Å². The number of fused-ring (bicyclic) bond motifs is 1. The van der Waals surface area contributed by atoms with Crippen molar-refractivity contribution in [3.05, 3.63) is 29.8 Å². The van der Waals surface area contributed by atoms with E-state index in [9.17, 15) is 16.8 Å². The van der Waals surface area contributed by atoms with E-state index in [0.717, 1.165) is 19.1 Å². The highest BCUT2D eigenvalue weighted by Crippen LogP contribution is 2.39. The lowest BCUT2D eigenvalue weighted by Gasteiger charge is -2.18. The predicted octanol–water partition coefficient (Wildman–Crippen LogP) is 0.589. The summed E-state index contributed by atoms with van der Waals surface area (Å²) < 4.78 is 49.6. The summed E-state index contributed by atoms with van der Waals surface area (Å²) in [6.45, 7) is 1.02. The third-order valence-corrected chi connectivity index (χ3v) is 7.57. The van der Waals surface area contributed by atoms with Crippen molar-refractivity contribution >= 4 is 19.9 Å². The average molecular weight is 358 g/mol. The van der Waals surface area contributed by atoms with Crippen LogP contribution in [0.3, 0.4) is 0 Å². The van der Waals surface area contributed by atoms with E-state index in [1.54, 1.807) is 12.1 Å². The first kappa shape index (κ1) is 16.9. The maximum atomic E-state index is 12.7. The molecule has 1 saturated carbocycles. The Morgan fingerprint density at radius 1 is 1.09 bits per heavy atom. The number of hydrogen-bond acceptors (Lipinski definition) is 5. The molecule has 8 heteroatoms. The predicted molar refractivity (Wildman–Crippen MR) is 87.9 cm³/mol. The summed E-state index contributed by atoms with van der Waals surface area (Å²) in [5, 5.41) is 0. The second-order valence-electron chi connectivity index (χ2n) is 6.70. The molecular formula is C15H22N2O4S2. The van der Waals surface area contributed by atoms with Crippen molar-refractivity contribution < 1.29 is 16.8 Å². The smallest absolute Gasteiger partial charge is 0.243 e. The molecule has 6 nitrogen and oxygen atoms in total. The number of nitrogens with two attached hydrogens (primary N) is 1. The number of rotatable bonds is 4. The van der Waals surface area contributed by atoms with Gasteiger partial charge in [-0.15, -0.1) is 0 Å². The molecule has 1 aromatic rings. The second kappa shape index (κ2) is 5.84. The molecule has 0 amide bonds. The maximum absolute atomic E-state index is 12.7. The van der Waals surface area contributed by atoms with E-state index < -0.39 is 19.9 Å². The van der Waals surface area contributed by atoms with Crippen molar-refractivity contribution in [3.63, 3.8) is 0 Å². The zero-order chi connectivity index (χ0) is 16.8. The van der Waals surface area contributed by atoms with Gasteiger partial charge in [-0.1, -0.05) is 12.1 Å². The highest BCUT2D eigenvalue weighted by molar-refractivity contribution is 7.90. The molecule has 1 aliphatic carbocycles. The molecule has 0 aromatic heterocycles. The Morgan fingerprint density at radius 2 is 1.74 bits per heavy atom. The highest BCUT2D eigenvalue weighted by Gasteiger charge is 2.44. The van der Waals surface area contributed by atoms with E-state index in [0.29, 0.717) is 24.6 Å². The molecule has 1 heterocycles. The van der Waals surface area contributed by atoms with Crippen LogP contribution in [-0.2, 0) is 25.6 Å². The summed E-state index contributed by atoms with van der Waals surface area (Å²) in [7, 11) is -6.67. The zero-order valence-electron chi connectivity index (χ0n) is 13.1. The first-order valence-electron chi connectivity index (χ1n) is 7.69. The summed E-state index contributed by atoms with van der Waals surface area (Å²) in [5.74, 6) is 0.536. The van der Waals surface area contributed by atoms with Gasteiger partial charge in [0, 0.05) is 25.4 Å². The van der Waals surface area contributed by atoms with Crippen LogP contribution in [0.4, 0.5) is 0 Å². The number of benzene rings is 1. The Kier molecular flexibility index (Phi) is 4.29. The van der Waals surface area contributed by atoms with Crippen LogP contribution in [-0.4, -0.2) is 46.5 Å². The lowest BCUT2D eigenvalue weighted by atomic mass is 9.98. The zero-order valence-corrected chi connectivity index (χ0v) is 14.7. The lowest BCUT2D eigenvalue weighted by molar-refractivity contribution is 0.427. The van der Waals surface area contributed by atoms with Crippen LogP contribution in [0.5, 0.6) is 0 Å². The van der Waals surface area contributed by atoms with Crippen molar-refractivity contribution in [2.75, 3.05) is 19.3 Å². The minimum Gasteiger partial charge on any atom is -0.327 e. The topological polar surface area (TPSA) is 97.5 Å². The van der Waals surface area contributed by atoms with Crippen molar-refractivity contribution in [3.8, 4) is 0 Å². The van der Waals surface area contributed by atoms with Gasteiger partial charge < -0.3 is 5.73 Å². The molecule has 2 N–H and O–H groups in total. The largest absolute Gasteiger partial charge is 0.327 e. The Labute approximate surface area is 137 Å². The van der Waals surface area contributed by atoms with Gasteiger partial charge in [0.15, 0.2) is 9.84 Å². The van der Waals surface area contributed by atoms with Crippen LogP contribution < -0.4 is 5.73 Å². The average Bonchev–Trinajstić information content (AvgIpc) is 3.01.